The van der Waals surface area contributed by atoms with Crippen molar-refractivity contribution in [3.63, 3.8) is 0 Å². The van der Waals surface area contributed by atoms with Gasteiger partial charge in [0.05, 0.1) is 5.92 Å². The predicted molar refractivity (Wildman–Crippen MR) is 82.4 cm³/mol. The number of hydrogen-bond acceptors (Lipinski definition) is 3. The molecule has 3 rings (SSSR count). The number of rotatable bonds is 4. The van der Waals surface area contributed by atoms with Gasteiger partial charge in [0.15, 0.2) is 0 Å². The lowest BCUT2D eigenvalue weighted by Gasteiger charge is -2.17. The van der Waals surface area contributed by atoms with Gasteiger partial charge in [-0.3, -0.25) is 9.69 Å². The molecule has 0 aliphatic carbocycles. The lowest BCUT2D eigenvalue weighted by atomic mass is 9.99. The minimum atomic E-state index is -0.721. The SMILES string of the molecule is O=C(O)C1CNC(c2ccc(CN3CCCC3)c(Cl)c2)C1. The summed E-state index contributed by atoms with van der Waals surface area (Å²) >= 11 is 6.41. The number of nitrogens with zero attached hydrogens (tertiary/aromatic N) is 1. The zero-order chi connectivity index (χ0) is 14.8. The third-order valence-electron chi connectivity index (χ3n) is 4.55. The van der Waals surface area contributed by atoms with Crippen LogP contribution >= 0.6 is 11.6 Å². The van der Waals surface area contributed by atoms with Crippen LogP contribution in [0.25, 0.3) is 0 Å². The average molecular weight is 309 g/mol. The molecule has 5 heteroatoms. The Hall–Kier alpha value is -1.10. The summed E-state index contributed by atoms with van der Waals surface area (Å²) in [5.41, 5.74) is 2.25. The van der Waals surface area contributed by atoms with Gasteiger partial charge in [-0.15, -0.1) is 0 Å². The Morgan fingerprint density at radius 1 is 1.38 bits per heavy atom. The Kier molecular flexibility index (Phi) is 4.48. The maximum absolute atomic E-state index is 11.0. The molecule has 2 unspecified atom stereocenters. The van der Waals surface area contributed by atoms with E-state index in [2.05, 4.69) is 22.3 Å². The molecule has 21 heavy (non-hydrogen) atoms. The fraction of sp³-hybridized carbons (Fsp3) is 0.562. The van der Waals surface area contributed by atoms with E-state index in [4.69, 9.17) is 16.7 Å². The predicted octanol–water partition coefficient (Wildman–Crippen LogP) is 2.67. The number of aliphatic carboxylic acids is 1. The molecular weight excluding hydrogens is 288 g/mol. The van der Waals surface area contributed by atoms with Gasteiger partial charge in [-0.2, -0.15) is 0 Å². The highest BCUT2D eigenvalue weighted by Crippen LogP contribution is 2.30. The van der Waals surface area contributed by atoms with Crippen LogP contribution in [-0.2, 0) is 11.3 Å². The minimum Gasteiger partial charge on any atom is -0.481 e. The third-order valence-corrected chi connectivity index (χ3v) is 4.90. The van der Waals surface area contributed by atoms with Gasteiger partial charge < -0.3 is 10.4 Å². The highest BCUT2D eigenvalue weighted by molar-refractivity contribution is 6.31. The fourth-order valence-corrected chi connectivity index (χ4v) is 3.52. The van der Waals surface area contributed by atoms with Crippen LogP contribution < -0.4 is 5.32 Å². The molecule has 0 amide bonds. The summed E-state index contributed by atoms with van der Waals surface area (Å²) in [6.07, 6.45) is 3.19. The monoisotopic (exact) mass is 308 g/mol. The van der Waals surface area contributed by atoms with Crippen LogP contribution in [-0.4, -0.2) is 35.6 Å². The van der Waals surface area contributed by atoms with Crippen molar-refractivity contribution in [1.82, 2.24) is 10.2 Å². The molecule has 2 N–H and O–H groups in total. The van der Waals surface area contributed by atoms with Crippen molar-refractivity contribution < 1.29 is 9.90 Å². The molecule has 1 aromatic rings. The maximum atomic E-state index is 11.0. The first-order valence-corrected chi connectivity index (χ1v) is 7.98. The summed E-state index contributed by atoms with van der Waals surface area (Å²) in [6.45, 7) is 3.76. The van der Waals surface area contributed by atoms with E-state index in [1.165, 1.54) is 12.8 Å². The number of carbonyl (C=O) groups is 1. The van der Waals surface area contributed by atoms with Crippen LogP contribution in [0.3, 0.4) is 0 Å². The maximum Gasteiger partial charge on any atom is 0.307 e. The fourth-order valence-electron chi connectivity index (χ4n) is 3.27. The Morgan fingerprint density at radius 2 is 2.14 bits per heavy atom. The van der Waals surface area contributed by atoms with E-state index in [0.717, 1.165) is 35.8 Å². The van der Waals surface area contributed by atoms with Crippen molar-refractivity contribution >= 4 is 17.6 Å². The van der Waals surface area contributed by atoms with Crippen LogP contribution in [0.15, 0.2) is 18.2 Å². The molecule has 2 atom stereocenters. The van der Waals surface area contributed by atoms with Gasteiger partial charge in [0, 0.05) is 24.2 Å². The lowest BCUT2D eigenvalue weighted by molar-refractivity contribution is -0.141. The van der Waals surface area contributed by atoms with Crippen LogP contribution in [0.1, 0.15) is 36.4 Å². The van der Waals surface area contributed by atoms with Gasteiger partial charge in [0.2, 0.25) is 0 Å². The zero-order valence-electron chi connectivity index (χ0n) is 12.0. The smallest absolute Gasteiger partial charge is 0.307 e. The molecule has 1 aromatic carbocycles. The molecule has 2 heterocycles. The second-order valence-corrected chi connectivity index (χ2v) is 6.47. The second-order valence-electron chi connectivity index (χ2n) is 6.07. The lowest BCUT2D eigenvalue weighted by Crippen LogP contribution is -2.19. The number of nitrogens with one attached hydrogen (secondary N) is 1. The molecule has 0 saturated carbocycles. The first-order valence-electron chi connectivity index (χ1n) is 7.60. The summed E-state index contributed by atoms with van der Waals surface area (Å²) in [4.78, 5) is 13.4. The molecule has 0 radical (unpaired) electrons. The van der Waals surface area contributed by atoms with Gasteiger partial charge in [-0.25, -0.2) is 0 Å². The van der Waals surface area contributed by atoms with Gasteiger partial charge in [-0.05, 0) is 49.5 Å². The molecule has 2 fully saturated rings. The molecule has 2 aliphatic rings. The van der Waals surface area contributed by atoms with Gasteiger partial charge in [-0.1, -0.05) is 23.7 Å². The van der Waals surface area contributed by atoms with Crippen LogP contribution in [0.2, 0.25) is 5.02 Å². The van der Waals surface area contributed by atoms with Crippen molar-refractivity contribution in [2.24, 2.45) is 5.92 Å². The van der Waals surface area contributed by atoms with Crippen molar-refractivity contribution in [2.45, 2.75) is 31.8 Å². The molecular formula is C16H21ClN2O2. The topological polar surface area (TPSA) is 52.6 Å². The van der Waals surface area contributed by atoms with E-state index in [9.17, 15) is 4.79 Å². The van der Waals surface area contributed by atoms with Crippen LogP contribution in [0, 0.1) is 5.92 Å². The number of carboxylic acids is 1. The normalized spacial score (nSPS) is 26.3. The summed E-state index contributed by atoms with van der Waals surface area (Å²) in [6, 6.07) is 6.27. The van der Waals surface area contributed by atoms with E-state index in [-0.39, 0.29) is 12.0 Å². The Balaban J connectivity index is 1.68. The molecule has 4 nitrogen and oxygen atoms in total. The number of hydrogen-bond donors (Lipinski definition) is 2. The second kappa shape index (κ2) is 6.34. The first kappa shape index (κ1) is 14.8. The van der Waals surface area contributed by atoms with Crippen molar-refractivity contribution in [2.75, 3.05) is 19.6 Å². The number of likely N-dealkylation sites (tertiary alicyclic amines) is 1. The molecule has 0 spiro atoms. The van der Waals surface area contributed by atoms with E-state index in [1.807, 2.05) is 6.07 Å². The molecule has 114 valence electrons. The number of halogens is 1. The molecule has 0 bridgehead atoms. The number of benzene rings is 1. The molecule has 2 saturated heterocycles. The van der Waals surface area contributed by atoms with Crippen LogP contribution in [0.4, 0.5) is 0 Å². The van der Waals surface area contributed by atoms with E-state index in [0.29, 0.717) is 13.0 Å². The van der Waals surface area contributed by atoms with Crippen molar-refractivity contribution in [3.05, 3.63) is 34.3 Å². The van der Waals surface area contributed by atoms with E-state index in [1.54, 1.807) is 0 Å². The Morgan fingerprint density at radius 3 is 2.76 bits per heavy atom. The summed E-state index contributed by atoms with van der Waals surface area (Å²) in [7, 11) is 0. The first-order chi connectivity index (χ1) is 10.1. The summed E-state index contributed by atoms with van der Waals surface area (Å²) in [5, 5.41) is 13.1. The van der Waals surface area contributed by atoms with Gasteiger partial charge in [0.25, 0.3) is 0 Å². The van der Waals surface area contributed by atoms with E-state index < -0.39 is 5.97 Å². The average Bonchev–Trinajstić information content (AvgIpc) is 3.12. The van der Waals surface area contributed by atoms with Crippen molar-refractivity contribution in [1.29, 1.82) is 0 Å². The zero-order valence-corrected chi connectivity index (χ0v) is 12.8. The quantitative estimate of drug-likeness (QED) is 0.898. The Labute approximate surface area is 130 Å². The molecule has 2 aliphatic heterocycles. The van der Waals surface area contributed by atoms with E-state index >= 15 is 0 Å². The highest BCUT2D eigenvalue weighted by Gasteiger charge is 2.30. The van der Waals surface area contributed by atoms with Gasteiger partial charge >= 0.3 is 5.97 Å². The number of carboxylic acid groups (broad SMARTS) is 1. The Bertz CT molecular complexity index is 529. The standard InChI is InChI=1S/C16H21ClN2O2/c17-14-7-11(15-8-13(9-18-15)16(20)21)3-4-12(14)10-19-5-1-2-6-19/h3-4,7,13,15,18H,1-2,5-6,8-10H2,(H,20,21). The minimum absolute atomic E-state index is 0.101. The van der Waals surface area contributed by atoms with Gasteiger partial charge in [0.1, 0.15) is 0 Å². The van der Waals surface area contributed by atoms with Crippen molar-refractivity contribution in [3.8, 4) is 0 Å². The summed E-state index contributed by atoms with van der Waals surface area (Å²) < 4.78 is 0. The molecule has 0 aromatic heterocycles. The van der Waals surface area contributed by atoms with Crippen LogP contribution in [0.5, 0.6) is 0 Å². The third kappa shape index (κ3) is 3.39. The summed E-state index contributed by atoms with van der Waals surface area (Å²) in [5.74, 6) is -1.01. The largest absolute Gasteiger partial charge is 0.481 e. The highest BCUT2D eigenvalue weighted by atomic mass is 35.5.